The monoisotopic (exact) mass is 209 g/mol. The normalized spacial score (nSPS) is 28.1. The molecule has 1 saturated heterocycles. The summed E-state index contributed by atoms with van der Waals surface area (Å²) < 4.78 is 5.74. The molecule has 2 rings (SSSR count). The Balaban J connectivity index is 1.92. The largest absolute Gasteiger partial charge is 0.376 e. The van der Waals surface area contributed by atoms with Crippen LogP contribution in [0.15, 0.2) is 12.7 Å². The molecule has 2 aliphatic rings. The molecule has 1 heterocycles. The first-order valence-electron chi connectivity index (χ1n) is 5.86. The van der Waals surface area contributed by atoms with Crippen molar-refractivity contribution in [3.8, 4) is 0 Å². The van der Waals surface area contributed by atoms with Crippen molar-refractivity contribution >= 4 is 5.91 Å². The first kappa shape index (κ1) is 10.7. The fourth-order valence-corrected chi connectivity index (χ4v) is 2.24. The second kappa shape index (κ2) is 4.79. The first-order valence-corrected chi connectivity index (χ1v) is 5.86. The van der Waals surface area contributed by atoms with Gasteiger partial charge in [0.1, 0.15) is 0 Å². The van der Waals surface area contributed by atoms with Gasteiger partial charge in [-0.25, -0.2) is 0 Å². The maximum absolute atomic E-state index is 11.3. The molecule has 2 fully saturated rings. The molecule has 0 aromatic heterocycles. The molecule has 1 aliphatic heterocycles. The molecule has 15 heavy (non-hydrogen) atoms. The molecular weight excluding hydrogens is 190 g/mol. The number of nitrogens with one attached hydrogen (secondary N) is 1. The van der Waals surface area contributed by atoms with Gasteiger partial charge in [0.05, 0.1) is 12.1 Å². The average molecular weight is 209 g/mol. The third-order valence-corrected chi connectivity index (χ3v) is 3.24. The average Bonchev–Trinajstić information content (AvgIpc) is 3.10. The molecule has 2 unspecified atom stereocenters. The number of hydrogen-bond donors (Lipinski definition) is 1. The van der Waals surface area contributed by atoms with E-state index < -0.39 is 0 Å². The Bertz CT molecular complexity index is 242. The predicted molar refractivity (Wildman–Crippen MR) is 58.4 cm³/mol. The summed E-state index contributed by atoms with van der Waals surface area (Å²) >= 11 is 0. The lowest BCUT2D eigenvalue weighted by Crippen LogP contribution is -2.46. The molecule has 1 amide bonds. The van der Waals surface area contributed by atoms with Gasteiger partial charge >= 0.3 is 0 Å². The zero-order valence-electron chi connectivity index (χ0n) is 9.08. The molecule has 0 radical (unpaired) electrons. The van der Waals surface area contributed by atoms with Crippen molar-refractivity contribution in [1.82, 2.24) is 5.32 Å². The molecule has 2 atom stereocenters. The predicted octanol–water partition coefficient (Wildman–Crippen LogP) is 1.64. The van der Waals surface area contributed by atoms with Gasteiger partial charge in [-0.3, -0.25) is 4.79 Å². The number of hydrogen-bond acceptors (Lipinski definition) is 2. The van der Waals surface area contributed by atoms with Crippen molar-refractivity contribution in [2.75, 3.05) is 6.61 Å². The Labute approximate surface area is 90.9 Å². The lowest BCUT2D eigenvalue weighted by Gasteiger charge is -2.31. The van der Waals surface area contributed by atoms with Gasteiger partial charge in [-0.05, 0) is 44.1 Å². The van der Waals surface area contributed by atoms with Crippen LogP contribution in [-0.4, -0.2) is 24.7 Å². The fraction of sp³-hybridized carbons (Fsp3) is 0.750. The maximum Gasteiger partial charge on any atom is 0.243 e. The second-order valence-corrected chi connectivity index (χ2v) is 4.48. The topological polar surface area (TPSA) is 38.3 Å². The molecule has 0 bridgehead atoms. The Morgan fingerprint density at radius 3 is 2.73 bits per heavy atom. The summed E-state index contributed by atoms with van der Waals surface area (Å²) in [5.41, 5.74) is 0. The highest BCUT2D eigenvalue weighted by Gasteiger charge is 2.38. The lowest BCUT2D eigenvalue weighted by molar-refractivity contribution is -0.119. The fourth-order valence-electron chi connectivity index (χ4n) is 2.24. The van der Waals surface area contributed by atoms with Crippen molar-refractivity contribution < 1.29 is 9.53 Å². The van der Waals surface area contributed by atoms with Gasteiger partial charge in [-0.1, -0.05) is 6.58 Å². The van der Waals surface area contributed by atoms with Crippen LogP contribution in [0.4, 0.5) is 0 Å². The number of rotatable bonds is 4. The molecule has 1 aliphatic carbocycles. The highest BCUT2D eigenvalue weighted by molar-refractivity contribution is 5.87. The molecule has 1 saturated carbocycles. The summed E-state index contributed by atoms with van der Waals surface area (Å²) in [6.07, 6.45) is 7.48. The van der Waals surface area contributed by atoms with E-state index >= 15 is 0 Å². The zero-order chi connectivity index (χ0) is 10.7. The van der Waals surface area contributed by atoms with Crippen molar-refractivity contribution in [2.45, 2.75) is 44.2 Å². The van der Waals surface area contributed by atoms with Crippen molar-refractivity contribution in [3.63, 3.8) is 0 Å². The van der Waals surface area contributed by atoms with E-state index in [1.54, 1.807) is 0 Å². The van der Waals surface area contributed by atoms with Gasteiger partial charge in [-0.15, -0.1) is 0 Å². The summed E-state index contributed by atoms with van der Waals surface area (Å²) in [5.74, 6) is 0.568. The first-order chi connectivity index (χ1) is 7.31. The molecule has 1 N–H and O–H groups in total. The quantitative estimate of drug-likeness (QED) is 0.715. The van der Waals surface area contributed by atoms with Crippen LogP contribution in [0, 0.1) is 5.92 Å². The van der Waals surface area contributed by atoms with Crippen LogP contribution in [0.5, 0.6) is 0 Å². The molecule has 84 valence electrons. The van der Waals surface area contributed by atoms with Crippen LogP contribution < -0.4 is 5.32 Å². The molecule has 3 nitrogen and oxygen atoms in total. The summed E-state index contributed by atoms with van der Waals surface area (Å²) in [6, 6.07) is 0.218. The molecule has 0 spiro atoms. The van der Waals surface area contributed by atoms with Crippen LogP contribution in [0.25, 0.3) is 0 Å². The van der Waals surface area contributed by atoms with Crippen LogP contribution in [-0.2, 0) is 9.53 Å². The van der Waals surface area contributed by atoms with Gasteiger partial charge in [0.25, 0.3) is 0 Å². The third kappa shape index (κ3) is 2.81. The van der Waals surface area contributed by atoms with Crippen molar-refractivity contribution in [3.05, 3.63) is 12.7 Å². The van der Waals surface area contributed by atoms with E-state index in [0.717, 1.165) is 19.4 Å². The van der Waals surface area contributed by atoms with E-state index in [1.165, 1.54) is 25.3 Å². The smallest absolute Gasteiger partial charge is 0.243 e. The summed E-state index contributed by atoms with van der Waals surface area (Å²) in [7, 11) is 0. The molecular formula is C12H19NO2. The van der Waals surface area contributed by atoms with E-state index in [0.29, 0.717) is 5.92 Å². The van der Waals surface area contributed by atoms with Gasteiger partial charge < -0.3 is 10.1 Å². The highest BCUT2D eigenvalue weighted by Crippen LogP contribution is 2.36. The van der Waals surface area contributed by atoms with Gasteiger partial charge in [0.2, 0.25) is 5.91 Å². The minimum Gasteiger partial charge on any atom is -0.376 e. The second-order valence-electron chi connectivity index (χ2n) is 4.48. The Morgan fingerprint density at radius 1 is 1.40 bits per heavy atom. The van der Waals surface area contributed by atoms with E-state index in [9.17, 15) is 4.79 Å². The highest BCUT2D eigenvalue weighted by atomic mass is 16.5. The number of ether oxygens (including phenoxy) is 1. The number of amides is 1. The third-order valence-electron chi connectivity index (χ3n) is 3.24. The van der Waals surface area contributed by atoms with Gasteiger partial charge in [0.15, 0.2) is 0 Å². The lowest BCUT2D eigenvalue weighted by atomic mass is 9.98. The van der Waals surface area contributed by atoms with E-state index in [2.05, 4.69) is 11.9 Å². The van der Waals surface area contributed by atoms with Crippen LogP contribution in [0.2, 0.25) is 0 Å². The number of carbonyl (C=O) groups is 1. The van der Waals surface area contributed by atoms with Gasteiger partial charge in [0, 0.05) is 6.61 Å². The molecule has 3 heteroatoms. The Morgan fingerprint density at radius 2 is 2.20 bits per heavy atom. The van der Waals surface area contributed by atoms with Gasteiger partial charge in [-0.2, -0.15) is 0 Å². The Kier molecular flexibility index (Phi) is 3.41. The van der Waals surface area contributed by atoms with E-state index in [1.807, 2.05) is 0 Å². The maximum atomic E-state index is 11.3. The van der Waals surface area contributed by atoms with Crippen molar-refractivity contribution in [1.29, 1.82) is 0 Å². The van der Waals surface area contributed by atoms with E-state index in [-0.39, 0.29) is 18.1 Å². The molecule has 0 aromatic carbocycles. The van der Waals surface area contributed by atoms with Crippen molar-refractivity contribution in [2.24, 2.45) is 5.92 Å². The SMILES string of the molecule is C=CC(=O)NC(C1CC1)C1CCCCO1. The minimum atomic E-state index is -0.0685. The Hall–Kier alpha value is -0.830. The van der Waals surface area contributed by atoms with E-state index in [4.69, 9.17) is 4.74 Å². The zero-order valence-corrected chi connectivity index (χ0v) is 9.08. The van der Waals surface area contributed by atoms with Crippen LogP contribution in [0.1, 0.15) is 32.1 Å². The van der Waals surface area contributed by atoms with Crippen LogP contribution in [0.3, 0.4) is 0 Å². The molecule has 0 aromatic rings. The standard InChI is InChI=1S/C12H19NO2/c1-2-11(14)13-12(9-6-7-9)10-5-3-4-8-15-10/h2,9-10,12H,1,3-8H2,(H,13,14). The number of carbonyl (C=O) groups excluding carboxylic acids is 1. The summed E-state index contributed by atoms with van der Waals surface area (Å²) in [4.78, 5) is 11.3. The summed E-state index contributed by atoms with van der Waals surface area (Å²) in [5, 5.41) is 3.02. The van der Waals surface area contributed by atoms with Crippen LogP contribution >= 0.6 is 0 Å². The summed E-state index contributed by atoms with van der Waals surface area (Å²) in [6.45, 7) is 4.33. The minimum absolute atomic E-state index is 0.0685.